The van der Waals surface area contributed by atoms with Crippen LogP contribution in [0, 0.1) is 5.92 Å². The maximum absolute atomic E-state index is 6.55. The second-order valence-electron chi connectivity index (χ2n) is 9.10. The molecule has 2 aliphatic heterocycles. The Bertz CT molecular complexity index is 712. The van der Waals surface area contributed by atoms with Gasteiger partial charge < -0.3 is 33.2 Å². The van der Waals surface area contributed by atoms with E-state index in [-0.39, 0.29) is 30.3 Å². The van der Waals surface area contributed by atoms with Crippen LogP contribution in [0.25, 0.3) is 0 Å². The van der Waals surface area contributed by atoms with Gasteiger partial charge in [-0.2, -0.15) is 0 Å². The van der Waals surface area contributed by atoms with E-state index in [2.05, 4.69) is 20.8 Å². The van der Waals surface area contributed by atoms with E-state index in [1.807, 2.05) is 18.2 Å². The van der Waals surface area contributed by atoms with Crippen LogP contribution in [0.2, 0.25) is 0 Å². The fraction of sp³-hybridized carbons (Fsp3) is 0.778. The minimum Gasteiger partial charge on any atom is -0.497 e. The van der Waals surface area contributed by atoms with Gasteiger partial charge in [0.2, 0.25) is 6.29 Å². The van der Waals surface area contributed by atoms with E-state index < -0.39 is 6.29 Å². The molecule has 2 heterocycles. The minimum absolute atomic E-state index is 0.181. The van der Waals surface area contributed by atoms with Gasteiger partial charge in [-0.3, -0.25) is 0 Å². The zero-order chi connectivity index (χ0) is 24.3. The fourth-order valence-corrected chi connectivity index (χ4v) is 4.66. The highest BCUT2D eigenvalue weighted by Crippen LogP contribution is 2.48. The molecule has 7 heteroatoms. The number of fused-ring (bicyclic) bond motifs is 2. The Balaban J connectivity index is 1.91. The third-order valence-electron chi connectivity index (χ3n) is 6.60. The molecule has 1 aromatic rings. The van der Waals surface area contributed by atoms with Crippen molar-refractivity contribution in [2.24, 2.45) is 5.92 Å². The van der Waals surface area contributed by atoms with Crippen molar-refractivity contribution in [1.82, 2.24) is 0 Å². The largest absolute Gasteiger partial charge is 0.497 e. The minimum atomic E-state index is -0.511. The van der Waals surface area contributed by atoms with Crippen LogP contribution in [0.4, 0.5) is 0 Å². The van der Waals surface area contributed by atoms with Crippen LogP contribution in [0.5, 0.6) is 11.5 Å². The van der Waals surface area contributed by atoms with E-state index >= 15 is 0 Å². The van der Waals surface area contributed by atoms with E-state index in [0.717, 1.165) is 55.6 Å². The van der Waals surface area contributed by atoms with Gasteiger partial charge in [0.05, 0.1) is 31.8 Å². The molecular formula is C27H44O7. The van der Waals surface area contributed by atoms with Crippen molar-refractivity contribution >= 4 is 0 Å². The van der Waals surface area contributed by atoms with Crippen molar-refractivity contribution in [3.05, 3.63) is 23.8 Å². The molecule has 0 aromatic heterocycles. The number of benzene rings is 1. The van der Waals surface area contributed by atoms with Crippen LogP contribution >= 0.6 is 0 Å². The number of hydrogen-bond donors (Lipinski definition) is 0. The second-order valence-corrected chi connectivity index (χ2v) is 9.10. The number of rotatable bonds is 15. The van der Waals surface area contributed by atoms with Gasteiger partial charge in [-0.05, 0) is 37.5 Å². The van der Waals surface area contributed by atoms with Crippen LogP contribution in [0.1, 0.15) is 71.0 Å². The van der Waals surface area contributed by atoms with Crippen molar-refractivity contribution in [1.29, 1.82) is 0 Å². The quantitative estimate of drug-likeness (QED) is 0.316. The summed E-state index contributed by atoms with van der Waals surface area (Å²) in [5, 5.41) is 0. The Morgan fingerprint density at radius 1 is 0.853 bits per heavy atom. The molecule has 34 heavy (non-hydrogen) atoms. The normalized spacial score (nSPS) is 28.1. The molecule has 0 N–H and O–H groups in total. The Labute approximate surface area is 205 Å². The van der Waals surface area contributed by atoms with Crippen molar-refractivity contribution in [3.8, 4) is 11.5 Å². The zero-order valence-corrected chi connectivity index (χ0v) is 21.6. The lowest BCUT2D eigenvalue weighted by Gasteiger charge is -2.50. The molecule has 1 saturated heterocycles. The lowest BCUT2D eigenvalue weighted by atomic mass is 9.81. The molecule has 0 bridgehead atoms. The first-order valence-corrected chi connectivity index (χ1v) is 13.0. The van der Waals surface area contributed by atoms with Crippen LogP contribution in [-0.2, 0) is 23.7 Å². The summed E-state index contributed by atoms with van der Waals surface area (Å²) in [6.07, 6.45) is 4.64. The maximum Gasteiger partial charge on any atom is 0.208 e. The highest BCUT2D eigenvalue weighted by atomic mass is 16.7. The summed E-state index contributed by atoms with van der Waals surface area (Å²) in [5.74, 6) is 1.33. The highest BCUT2D eigenvalue weighted by molar-refractivity contribution is 5.44. The predicted octanol–water partition coefficient (Wildman–Crippen LogP) is 5.30. The van der Waals surface area contributed by atoms with Gasteiger partial charge in [0, 0.05) is 32.5 Å². The van der Waals surface area contributed by atoms with Gasteiger partial charge in [0.25, 0.3) is 0 Å². The predicted molar refractivity (Wildman–Crippen MR) is 131 cm³/mol. The number of unbranched alkanes of at least 4 members (excludes halogenated alkanes) is 3. The van der Waals surface area contributed by atoms with Gasteiger partial charge in [-0.1, -0.05) is 40.0 Å². The molecule has 1 aromatic carbocycles. The third-order valence-corrected chi connectivity index (χ3v) is 6.60. The summed E-state index contributed by atoms with van der Waals surface area (Å²) in [5.41, 5.74) is 0.945. The van der Waals surface area contributed by atoms with Gasteiger partial charge in [-0.25, -0.2) is 0 Å². The van der Waals surface area contributed by atoms with Crippen LogP contribution in [0.15, 0.2) is 18.2 Å². The van der Waals surface area contributed by atoms with E-state index in [1.54, 1.807) is 14.2 Å². The van der Waals surface area contributed by atoms with E-state index in [4.69, 9.17) is 33.2 Å². The Morgan fingerprint density at radius 3 is 2.18 bits per heavy atom. The van der Waals surface area contributed by atoms with Gasteiger partial charge in [-0.15, -0.1) is 0 Å². The summed E-state index contributed by atoms with van der Waals surface area (Å²) in [4.78, 5) is 0. The summed E-state index contributed by atoms with van der Waals surface area (Å²) < 4.78 is 43.4. The lowest BCUT2D eigenvalue weighted by Crippen LogP contribution is -2.62. The lowest BCUT2D eigenvalue weighted by molar-refractivity contribution is -0.303. The van der Waals surface area contributed by atoms with E-state index in [1.165, 1.54) is 0 Å². The first-order chi connectivity index (χ1) is 16.7. The SMILES string of the molecule is CCCCOC[C@H]1O[C@@H]2Oc3ccc(OC)cc3[C@@H](OC)[C@@H]2[C@@H](OCCCC)[C@H]1OCCCC. The smallest absolute Gasteiger partial charge is 0.208 e. The van der Waals surface area contributed by atoms with Crippen molar-refractivity contribution < 1.29 is 33.2 Å². The molecule has 0 aliphatic carbocycles. The molecule has 1 fully saturated rings. The number of ether oxygens (including phenoxy) is 7. The van der Waals surface area contributed by atoms with E-state index in [0.29, 0.717) is 26.4 Å². The molecule has 6 atom stereocenters. The first-order valence-electron chi connectivity index (χ1n) is 13.0. The van der Waals surface area contributed by atoms with Gasteiger partial charge >= 0.3 is 0 Å². The fourth-order valence-electron chi connectivity index (χ4n) is 4.66. The van der Waals surface area contributed by atoms with Crippen LogP contribution < -0.4 is 9.47 Å². The molecule has 2 aliphatic rings. The number of hydrogen-bond acceptors (Lipinski definition) is 7. The summed E-state index contributed by atoms with van der Waals surface area (Å²) in [7, 11) is 3.39. The Kier molecular flexibility index (Phi) is 11.4. The van der Waals surface area contributed by atoms with Crippen molar-refractivity contribution in [2.45, 2.75) is 90.0 Å². The van der Waals surface area contributed by atoms with Crippen molar-refractivity contribution in [2.75, 3.05) is 40.6 Å². The topological polar surface area (TPSA) is 64.6 Å². The van der Waals surface area contributed by atoms with Crippen LogP contribution in [0.3, 0.4) is 0 Å². The summed E-state index contributed by atoms with van der Waals surface area (Å²) in [6, 6.07) is 5.80. The Morgan fingerprint density at radius 2 is 1.53 bits per heavy atom. The third kappa shape index (κ3) is 6.64. The zero-order valence-electron chi connectivity index (χ0n) is 21.6. The molecule has 0 radical (unpaired) electrons. The summed E-state index contributed by atoms with van der Waals surface area (Å²) >= 11 is 0. The highest BCUT2D eigenvalue weighted by Gasteiger charge is 2.54. The van der Waals surface area contributed by atoms with Crippen molar-refractivity contribution in [3.63, 3.8) is 0 Å². The molecule has 0 saturated carbocycles. The summed E-state index contributed by atoms with van der Waals surface area (Å²) in [6.45, 7) is 8.96. The molecule has 0 spiro atoms. The maximum atomic E-state index is 6.55. The average Bonchev–Trinajstić information content (AvgIpc) is 2.86. The molecule has 7 nitrogen and oxygen atoms in total. The Hall–Kier alpha value is -1.38. The standard InChI is InChI=1S/C27H44O7/c1-6-9-14-30-18-22-25(31-15-10-7-2)26(32-16-11-8-3)23-24(29-5)20-17-19(28-4)12-13-21(20)33-27(23)34-22/h12-13,17,22-27H,6-11,14-16,18H2,1-5H3/t22-,23-,24-,25+,26-,27+/m1/s1. The first kappa shape index (κ1) is 27.2. The average molecular weight is 481 g/mol. The van der Waals surface area contributed by atoms with Gasteiger partial charge in [0.15, 0.2) is 0 Å². The second kappa shape index (κ2) is 14.2. The van der Waals surface area contributed by atoms with Crippen LogP contribution in [-0.4, -0.2) is 65.2 Å². The molecule has 0 amide bonds. The van der Waals surface area contributed by atoms with Gasteiger partial charge in [0.1, 0.15) is 23.7 Å². The monoisotopic (exact) mass is 480 g/mol. The molecular weight excluding hydrogens is 436 g/mol. The van der Waals surface area contributed by atoms with E-state index in [9.17, 15) is 0 Å². The molecule has 194 valence electrons. The molecule has 0 unspecified atom stereocenters. The number of methoxy groups -OCH3 is 2. The molecule has 3 rings (SSSR count).